The van der Waals surface area contributed by atoms with Gasteiger partial charge in [-0.2, -0.15) is 0 Å². The lowest BCUT2D eigenvalue weighted by Gasteiger charge is -2.29. The summed E-state index contributed by atoms with van der Waals surface area (Å²) in [4.78, 5) is 14.3. The summed E-state index contributed by atoms with van der Waals surface area (Å²) in [6.07, 6.45) is 4.62. The topological polar surface area (TPSA) is 67.6 Å². The van der Waals surface area contributed by atoms with Gasteiger partial charge in [0.25, 0.3) is 0 Å². The number of amides is 1. The molecule has 1 saturated heterocycles. The fraction of sp³-hybridized carbons (Fsp3) is 0.706. The Hall–Kier alpha value is -1.30. The van der Waals surface area contributed by atoms with Crippen LogP contribution in [0.2, 0.25) is 0 Å². The molecule has 6 heteroatoms. The highest BCUT2D eigenvalue weighted by atomic mass is 32.2. The maximum atomic E-state index is 12.6. The smallest absolute Gasteiger partial charge is 0.238 e. The van der Waals surface area contributed by atoms with Gasteiger partial charge in [0, 0.05) is 13.0 Å². The Morgan fingerprint density at radius 1 is 1.30 bits per heavy atom. The second kappa shape index (κ2) is 7.51. The number of likely N-dealkylation sites (tertiary alicyclic amines) is 1. The number of furan rings is 1. The number of hydrogen-bond acceptors (Lipinski definition) is 4. The molecule has 1 aliphatic rings. The Morgan fingerprint density at radius 3 is 2.65 bits per heavy atom. The Balaban J connectivity index is 2.22. The number of nitrogens with zero attached hydrogens (tertiary/aromatic N) is 1. The lowest BCUT2D eigenvalue weighted by atomic mass is 10.1. The lowest BCUT2D eigenvalue weighted by Crippen LogP contribution is -2.39. The van der Waals surface area contributed by atoms with Crippen LogP contribution in [0, 0.1) is 0 Å². The summed E-state index contributed by atoms with van der Waals surface area (Å²) >= 11 is 0. The molecular weight excluding hydrogens is 314 g/mol. The summed E-state index contributed by atoms with van der Waals surface area (Å²) < 4.78 is 30.0. The zero-order valence-electron chi connectivity index (χ0n) is 14.2. The van der Waals surface area contributed by atoms with Crippen molar-refractivity contribution >= 4 is 15.7 Å². The van der Waals surface area contributed by atoms with E-state index in [-0.39, 0.29) is 11.9 Å². The number of rotatable bonds is 5. The summed E-state index contributed by atoms with van der Waals surface area (Å²) in [6.45, 7) is 5.85. The average molecular weight is 341 g/mol. The summed E-state index contributed by atoms with van der Waals surface area (Å²) in [5.41, 5.74) is 0. The van der Waals surface area contributed by atoms with Crippen LogP contribution >= 0.6 is 0 Å². The van der Waals surface area contributed by atoms with Gasteiger partial charge in [-0.1, -0.05) is 19.8 Å². The van der Waals surface area contributed by atoms with Crippen LogP contribution in [0.5, 0.6) is 0 Å². The molecule has 1 amide bonds. The lowest BCUT2D eigenvalue weighted by molar-refractivity contribution is -0.131. The van der Waals surface area contributed by atoms with Gasteiger partial charge in [-0.3, -0.25) is 4.79 Å². The molecule has 0 bridgehead atoms. The van der Waals surface area contributed by atoms with Crippen molar-refractivity contribution in [2.24, 2.45) is 0 Å². The van der Waals surface area contributed by atoms with Crippen molar-refractivity contribution in [3.63, 3.8) is 0 Å². The van der Waals surface area contributed by atoms with E-state index in [4.69, 9.17) is 4.42 Å². The first-order valence-electron chi connectivity index (χ1n) is 8.44. The van der Waals surface area contributed by atoms with Crippen molar-refractivity contribution < 1.29 is 17.6 Å². The molecule has 0 N–H and O–H groups in total. The second-order valence-electron chi connectivity index (χ2n) is 6.47. The average Bonchev–Trinajstić information content (AvgIpc) is 2.83. The zero-order chi connectivity index (χ0) is 17.0. The van der Waals surface area contributed by atoms with Crippen molar-refractivity contribution in [1.82, 2.24) is 4.90 Å². The van der Waals surface area contributed by atoms with E-state index in [1.54, 1.807) is 18.7 Å². The molecule has 1 atom stereocenters. The van der Waals surface area contributed by atoms with Crippen LogP contribution in [0.4, 0.5) is 0 Å². The van der Waals surface area contributed by atoms with Crippen LogP contribution in [0.3, 0.4) is 0 Å². The monoisotopic (exact) mass is 341 g/mol. The Morgan fingerprint density at radius 2 is 2.04 bits per heavy atom. The van der Waals surface area contributed by atoms with Gasteiger partial charge in [-0.15, -0.1) is 0 Å². The predicted octanol–water partition coefficient (Wildman–Crippen LogP) is 3.11. The van der Waals surface area contributed by atoms with E-state index in [1.807, 2.05) is 19.1 Å². The van der Waals surface area contributed by atoms with E-state index in [0.29, 0.717) is 6.54 Å². The van der Waals surface area contributed by atoms with E-state index in [0.717, 1.165) is 43.6 Å². The molecule has 0 saturated carbocycles. The van der Waals surface area contributed by atoms with E-state index in [9.17, 15) is 13.2 Å². The Kier molecular flexibility index (Phi) is 5.89. The molecule has 1 unspecified atom stereocenters. The summed E-state index contributed by atoms with van der Waals surface area (Å²) in [7, 11) is -3.39. The maximum absolute atomic E-state index is 12.6. The van der Waals surface area contributed by atoms with Crippen LogP contribution in [0.15, 0.2) is 16.5 Å². The number of sulfone groups is 1. The Bertz CT molecular complexity index is 633. The van der Waals surface area contributed by atoms with Crippen LogP contribution in [0.25, 0.3) is 0 Å². The third-order valence-corrected chi connectivity index (χ3v) is 6.56. The minimum atomic E-state index is -3.39. The SMILES string of the molecule is CCc1ccc(C2CCCCCN2C(=O)CS(=O)(=O)C(C)C)o1. The normalized spacial score (nSPS) is 19.8. The van der Waals surface area contributed by atoms with Gasteiger partial charge in [0.1, 0.15) is 17.3 Å². The molecule has 1 aromatic rings. The largest absolute Gasteiger partial charge is 0.464 e. The quantitative estimate of drug-likeness (QED) is 0.825. The molecule has 2 heterocycles. The molecule has 0 aromatic carbocycles. The van der Waals surface area contributed by atoms with Crippen LogP contribution in [0.1, 0.15) is 64.0 Å². The second-order valence-corrected chi connectivity index (χ2v) is 9.02. The van der Waals surface area contributed by atoms with Gasteiger partial charge in [-0.25, -0.2) is 8.42 Å². The zero-order valence-corrected chi connectivity index (χ0v) is 15.1. The highest BCUT2D eigenvalue weighted by molar-refractivity contribution is 7.92. The van der Waals surface area contributed by atoms with Crippen molar-refractivity contribution in [2.75, 3.05) is 12.3 Å². The van der Waals surface area contributed by atoms with Crippen LogP contribution in [-0.2, 0) is 21.1 Å². The van der Waals surface area contributed by atoms with Crippen LogP contribution < -0.4 is 0 Å². The third-order valence-electron chi connectivity index (χ3n) is 4.48. The molecule has 2 rings (SSSR count). The molecule has 130 valence electrons. The highest BCUT2D eigenvalue weighted by Gasteiger charge is 2.32. The molecule has 0 radical (unpaired) electrons. The third kappa shape index (κ3) is 4.37. The fourth-order valence-electron chi connectivity index (χ4n) is 2.89. The summed E-state index contributed by atoms with van der Waals surface area (Å²) in [6, 6.07) is 3.72. The van der Waals surface area contributed by atoms with Gasteiger partial charge in [-0.05, 0) is 38.8 Å². The number of aryl methyl sites for hydroxylation is 1. The first kappa shape index (κ1) is 18.0. The standard InChI is InChI=1S/C17H27NO4S/c1-4-14-9-10-16(22-14)15-8-6-5-7-11-18(15)17(19)12-23(20,21)13(2)3/h9-10,13,15H,4-8,11-12H2,1-3H3. The van der Waals surface area contributed by atoms with E-state index < -0.39 is 20.8 Å². The maximum Gasteiger partial charge on any atom is 0.238 e. The highest BCUT2D eigenvalue weighted by Crippen LogP contribution is 2.31. The summed E-state index contributed by atoms with van der Waals surface area (Å²) in [5, 5.41) is -0.535. The molecule has 0 spiro atoms. The minimum absolute atomic E-state index is 0.146. The first-order valence-corrected chi connectivity index (χ1v) is 10.2. The Labute approximate surface area is 139 Å². The van der Waals surface area contributed by atoms with E-state index in [1.165, 1.54) is 0 Å². The molecule has 0 aliphatic carbocycles. The van der Waals surface area contributed by atoms with Crippen LogP contribution in [-0.4, -0.2) is 36.8 Å². The minimum Gasteiger partial charge on any atom is -0.464 e. The first-order chi connectivity index (χ1) is 10.8. The van der Waals surface area contributed by atoms with Crippen molar-refractivity contribution in [3.05, 3.63) is 23.7 Å². The summed E-state index contributed by atoms with van der Waals surface area (Å²) in [5.74, 6) is 0.952. The number of carbonyl (C=O) groups is 1. The van der Waals surface area contributed by atoms with Gasteiger partial charge >= 0.3 is 0 Å². The molecule has 1 aromatic heterocycles. The molecule has 23 heavy (non-hydrogen) atoms. The molecular formula is C17H27NO4S. The van der Waals surface area contributed by atoms with E-state index >= 15 is 0 Å². The molecule has 1 aliphatic heterocycles. The van der Waals surface area contributed by atoms with E-state index in [2.05, 4.69) is 0 Å². The van der Waals surface area contributed by atoms with Gasteiger partial charge in [0.05, 0.1) is 11.3 Å². The predicted molar refractivity (Wildman–Crippen MR) is 89.9 cm³/mol. The van der Waals surface area contributed by atoms with Gasteiger partial charge in [0.2, 0.25) is 5.91 Å². The van der Waals surface area contributed by atoms with Gasteiger partial charge in [0.15, 0.2) is 9.84 Å². The van der Waals surface area contributed by atoms with Gasteiger partial charge < -0.3 is 9.32 Å². The number of hydrogen-bond donors (Lipinski definition) is 0. The van der Waals surface area contributed by atoms with Crippen molar-refractivity contribution in [2.45, 2.75) is 64.2 Å². The molecule has 5 nitrogen and oxygen atoms in total. The molecule has 1 fully saturated rings. The van der Waals surface area contributed by atoms with Crippen molar-refractivity contribution in [3.8, 4) is 0 Å². The number of carbonyl (C=O) groups excluding carboxylic acids is 1. The van der Waals surface area contributed by atoms with Crippen molar-refractivity contribution in [1.29, 1.82) is 0 Å². The fourth-order valence-corrected chi connectivity index (χ4v) is 3.73.